The molecule has 2 rings (SSSR count). The number of urea groups is 1. The number of hydrogen-bond acceptors (Lipinski definition) is 5. The third-order valence-corrected chi connectivity index (χ3v) is 4.10. The predicted octanol–water partition coefficient (Wildman–Crippen LogP) is 2.07. The topological polar surface area (TPSA) is 102 Å². The Morgan fingerprint density at radius 2 is 1.73 bits per heavy atom. The molecule has 0 aliphatic carbocycles. The molecule has 2 N–H and O–H groups in total. The van der Waals surface area contributed by atoms with Crippen LogP contribution in [0.3, 0.4) is 0 Å². The van der Waals surface area contributed by atoms with Crippen LogP contribution in [0.5, 0.6) is 0 Å². The summed E-state index contributed by atoms with van der Waals surface area (Å²) in [5, 5.41) is 4.06. The van der Waals surface area contributed by atoms with Crippen LogP contribution in [0.4, 0.5) is 14.9 Å². The minimum Gasteiger partial charge on any atom is -0.452 e. The fourth-order valence-electron chi connectivity index (χ4n) is 1.97. The second kappa shape index (κ2) is 8.86. The van der Waals surface area contributed by atoms with E-state index in [1.54, 1.807) is 12.1 Å². The van der Waals surface area contributed by atoms with Gasteiger partial charge in [-0.3, -0.25) is 14.3 Å². The second-order valence-corrected chi connectivity index (χ2v) is 6.36. The van der Waals surface area contributed by atoms with E-state index < -0.39 is 41.1 Å². The van der Waals surface area contributed by atoms with Crippen molar-refractivity contribution in [1.29, 1.82) is 0 Å². The van der Waals surface area contributed by atoms with Crippen LogP contribution in [-0.2, 0) is 20.3 Å². The van der Waals surface area contributed by atoms with E-state index in [0.29, 0.717) is 0 Å². The van der Waals surface area contributed by atoms with Crippen molar-refractivity contribution in [1.82, 2.24) is 5.32 Å². The molecule has 0 saturated carbocycles. The molecular weight excluding hydrogens is 363 g/mol. The zero-order valence-corrected chi connectivity index (χ0v) is 14.5. The summed E-state index contributed by atoms with van der Waals surface area (Å²) in [6.45, 7) is -0.728. The van der Waals surface area contributed by atoms with Gasteiger partial charge < -0.3 is 10.1 Å². The number of carbonyl (C=O) groups is 3. The minimum absolute atomic E-state index is 0.0666. The summed E-state index contributed by atoms with van der Waals surface area (Å²) in [5.74, 6) is -2.41. The summed E-state index contributed by atoms with van der Waals surface area (Å²) in [5.41, 5.74) is -0.0360. The number of para-hydroxylation sites is 1. The largest absolute Gasteiger partial charge is 0.452 e. The van der Waals surface area contributed by atoms with E-state index in [2.05, 4.69) is 5.32 Å². The molecule has 0 saturated heterocycles. The Balaban J connectivity index is 1.89. The van der Waals surface area contributed by atoms with Gasteiger partial charge in [0.1, 0.15) is 5.82 Å². The average Bonchev–Trinajstić information content (AvgIpc) is 2.61. The molecule has 3 amide bonds. The number of ether oxygens (including phenoxy) is 1. The minimum atomic E-state index is -1.41. The molecule has 136 valence electrons. The Morgan fingerprint density at radius 1 is 1.08 bits per heavy atom. The zero-order chi connectivity index (χ0) is 19.1. The lowest BCUT2D eigenvalue weighted by atomic mass is 10.2. The number of nitrogens with one attached hydrogen (secondary N) is 2. The van der Waals surface area contributed by atoms with Gasteiger partial charge in [-0.15, -0.1) is 0 Å². The van der Waals surface area contributed by atoms with E-state index in [4.69, 9.17) is 4.74 Å². The molecule has 0 fully saturated rings. The molecular formula is C17H15FN2O5S. The highest BCUT2D eigenvalue weighted by Gasteiger charge is 2.17. The molecule has 1 atom stereocenters. The third-order valence-electron chi connectivity index (χ3n) is 3.13. The van der Waals surface area contributed by atoms with E-state index in [0.717, 1.165) is 6.07 Å². The van der Waals surface area contributed by atoms with Crippen molar-refractivity contribution in [3.8, 4) is 0 Å². The summed E-state index contributed by atoms with van der Waals surface area (Å²) in [7, 11) is -1.41. The van der Waals surface area contributed by atoms with Crippen LogP contribution in [0.15, 0.2) is 53.4 Å². The summed E-state index contributed by atoms with van der Waals surface area (Å²) < 4.78 is 29.8. The molecule has 0 aliphatic rings. The van der Waals surface area contributed by atoms with Crippen LogP contribution in [0.1, 0.15) is 10.4 Å². The number of hydrogen-bond donors (Lipinski definition) is 2. The van der Waals surface area contributed by atoms with Gasteiger partial charge in [-0.05, 0) is 24.3 Å². The number of benzene rings is 2. The van der Waals surface area contributed by atoms with Crippen molar-refractivity contribution >= 4 is 34.4 Å². The highest BCUT2D eigenvalue weighted by Crippen LogP contribution is 2.14. The number of rotatable bonds is 5. The van der Waals surface area contributed by atoms with Crippen LogP contribution in [-0.4, -0.2) is 35.0 Å². The molecule has 9 heteroatoms. The first kappa shape index (κ1) is 19.3. The molecule has 0 spiro atoms. The van der Waals surface area contributed by atoms with Crippen molar-refractivity contribution in [2.24, 2.45) is 0 Å². The summed E-state index contributed by atoms with van der Waals surface area (Å²) in [6.07, 6.45) is 1.41. The number of amides is 3. The standard InChI is InChI=1S/C17H15FN2O5S/c1-26(24)14-9-5-2-6-11(14)16(22)25-10-15(21)20-17(23)19-13-8-4-3-7-12(13)18/h2-9H,10H2,1H3,(H2,19,20,21,23)/t26-/m1/s1. The van der Waals surface area contributed by atoms with Gasteiger partial charge in [0.2, 0.25) is 0 Å². The Hall–Kier alpha value is -3.07. The van der Waals surface area contributed by atoms with Crippen molar-refractivity contribution in [2.75, 3.05) is 18.2 Å². The van der Waals surface area contributed by atoms with Crippen molar-refractivity contribution in [3.05, 3.63) is 59.9 Å². The average molecular weight is 378 g/mol. The lowest BCUT2D eigenvalue weighted by Crippen LogP contribution is -2.37. The fraction of sp³-hybridized carbons (Fsp3) is 0.118. The van der Waals surface area contributed by atoms with Crippen LogP contribution < -0.4 is 10.6 Å². The van der Waals surface area contributed by atoms with Gasteiger partial charge in [0.25, 0.3) is 5.91 Å². The third kappa shape index (κ3) is 5.21. The first-order chi connectivity index (χ1) is 12.4. The summed E-state index contributed by atoms with van der Waals surface area (Å²) in [4.78, 5) is 35.6. The van der Waals surface area contributed by atoms with E-state index in [9.17, 15) is 23.0 Å². The lowest BCUT2D eigenvalue weighted by molar-refractivity contribution is -0.123. The molecule has 0 bridgehead atoms. The Kier molecular flexibility index (Phi) is 6.56. The first-order valence-electron chi connectivity index (χ1n) is 7.33. The van der Waals surface area contributed by atoms with Crippen LogP contribution in [0, 0.1) is 5.82 Å². The predicted molar refractivity (Wildman–Crippen MR) is 92.6 cm³/mol. The normalized spacial score (nSPS) is 11.3. The first-order valence-corrected chi connectivity index (χ1v) is 8.89. The Morgan fingerprint density at radius 3 is 2.42 bits per heavy atom. The summed E-state index contributed by atoms with van der Waals surface area (Å²) in [6, 6.07) is 10.6. The van der Waals surface area contributed by atoms with E-state index in [1.165, 1.54) is 36.6 Å². The zero-order valence-electron chi connectivity index (χ0n) is 13.7. The number of halogens is 1. The van der Waals surface area contributed by atoms with E-state index >= 15 is 0 Å². The summed E-state index contributed by atoms with van der Waals surface area (Å²) >= 11 is 0. The van der Waals surface area contributed by atoms with Gasteiger partial charge in [0.15, 0.2) is 6.61 Å². The number of carbonyl (C=O) groups excluding carboxylic acids is 3. The van der Waals surface area contributed by atoms with Crippen LogP contribution in [0.2, 0.25) is 0 Å². The maximum Gasteiger partial charge on any atom is 0.339 e. The highest BCUT2D eigenvalue weighted by atomic mass is 32.2. The SMILES string of the molecule is C[S@@](=O)c1ccccc1C(=O)OCC(=O)NC(=O)Nc1ccccc1F. The van der Waals surface area contributed by atoms with Crippen LogP contribution in [0.25, 0.3) is 0 Å². The Labute approximate surface area is 151 Å². The second-order valence-electron chi connectivity index (χ2n) is 5.01. The lowest BCUT2D eigenvalue weighted by Gasteiger charge is -2.09. The van der Waals surface area contributed by atoms with Crippen molar-refractivity contribution in [3.63, 3.8) is 0 Å². The van der Waals surface area contributed by atoms with Gasteiger partial charge in [-0.25, -0.2) is 14.0 Å². The fourth-order valence-corrected chi connectivity index (χ4v) is 2.70. The molecule has 26 heavy (non-hydrogen) atoms. The maximum absolute atomic E-state index is 13.4. The van der Waals surface area contributed by atoms with E-state index in [-0.39, 0.29) is 16.1 Å². The molecule has 0 aliphatic heterocycles. The van der Waals surface area contributed by atoms with E-state index in [1.807, 2.05) is 5.32 Å². The van der Waals surface area contributed by atoms with Gasteiger partial charge in [-0.1, -0.05) is 24.3 Å². The number of anilines is 1. The number of imide groups is 1. The molecule has 0 heterocycles. The van der Waals surface area contributed by atoms with Gasteiger partial charge >= 0.3 is 12.0 Å². The molecule has 0 aromatic heterocycles. The molecule has 0 radical (unpaired) electrons. The van der Waals surface area contributed by atoms with Crippen molar-refractivity contribution in [2.45, 2.75) is 4.90 Å². The number of esters is 1. The molecule has 7 nitrogen and oxygen atoms in total. The van der Waals surface area contributed by atoms with Gasteiger partial charge in [0, 0.05) is 6.26 Å². The Bertz CT molecular complexity index is 872. The van der Waals surface area contributed by atoms with Gasteiger partial charge in [-0.2, -0.15) is 0 Å². The smallest absolute Gasteiger partial charge is 0.339 e. The molecule has 2 aromatic rings. The van der Waals surface area contributed by atoms with Gasteiger partial charge in [0.05, 0.1) is 26.9 Å². The quantitative estimate of drug-likeness (QED) is 0.776. The maximum atomic E-state index is 13.4. The molecule has 0 unspecified atom stereocenters. The monoisotopic (exact) mass is 378 g/mol. The molecule has 2 aromatic carbocycles. The highest BCUT2D eigenvalue weighted by molar-refractivity contribution is 7.84. The van der Waals surface area contributed by atoms with Crippen LogP contribution >= 0.6 is 0 Å². The van der Waals surface area contributed by atoms with Crippen molar-refractivity contribution < 1.29 is 27.7 Å².